The molecule has 1 heterocycles. The zero-order chi connectivity index (χ0) is 14.0. The minimum atomic E-state index is 0.687. The Morgan fingerprint density at radius 2 is 1.90 bits per heavy atom. The van der Waals surface area contributed by atoms with Gasteiger partial charge in [-0.05, 0) is 65.1 Å². The van der Waals surface area contributed by atoms with Gasteiger partial charge >= 0.3 is 0 Å². The maximum Gasteiger partial charge on any atom is 0.191 e. The Kier molecular flexibility index (Phi) is 7.20. The molecule has 4 heteroatoms. The molecular weight excluding hydrogens is 248 g/mol. The first-order valence-electron chi connectivity index (χ1n) is 8.65. The van der Waals surface area contributed by atoms with E-state index in [0.717, 1.165) is 19.0 Å². The lowest BCUT2D eigenvalue weighted by Crippen LogP contribution is -2.38. The van der Waals surface area contributed by atoms with E-state index in [2.05, 4.69) is 27.4 Å². The van der Waals surface area contributed by atoms with E-state index in [4.69, 9.17) is 0 Å². The number of piperidine rings is 1. The van der Waals surface area contributed by atoms with Gasteiger partial charge in [0.1, 0.15) is 0 Å². The molecule has 4 nitrogen and oxygen atoms in total. The molecule has 20 heavy (non-hydrogen) atoms. The van der Waals surface area contributed by atoms with Crippen LogP contribution in [0.5, 0.6) is 0 Å². The molecule has 0 bridgehead atoms. The van der Waals surface area contributed by atoms with Crippen LogP contribution < -0.4 is 10.6 Å². The molecule has 2 N–H and O–H groups in total. The van der Waals surface area contributed by atoms with Crippen LogP contribution in [0, 0.1) is 0 Å². The summed E-state index contributed by atoms with van der Waals surface area (Å²) in [5.41, 5.74) is 0. The molecule has 1 saturated heterocycles. The highest BCUT2D eigenvalue weighted by Crippen LogP contribution is 2.18. The van der Waals surface area contributed by atoms with Gasteiger partial charge in [-0.25, -0.2) is 0 Å². The van der Waals surface area contributed by atoms with E-state index in [1.165, 1.54) is 71.0 Å². The van der Waals surface area contributed by atoms with Gasteiger partial charge in [0.05, 0.1) is 0 Å². The molecule has 2 aliphatic rings. The molecule has 0 spiro atoms. The fourth-order valence-corrected chi connectivity index (χ4v) is 2.74. The quantitative estimate of drug-likeness (QED) is 0.407. The van der Waals surface area contributed by atoms with Crippen molar-refractivity contribution in [3.8, 4) is 0 Å². The van der Waals surface area contributed by atoms with Crippen molar-refractivity contribution in [1.82, 2.24) is 15.5 Å². The second-order valence-corrected chi connectivity index (χ2v) is 6.14. The number of hydrogen-bond donors (Lipinski definition) is 2. The highest BCUT2D eigenvalue weighted by molar-refractivity contribution is 5.80. The maximum absolute atomic E-state index is 4.66. The van der Waals surface area contributed by atoms with Crippen molar-refractivity contribution in [2.24, 2.45) is 4.99 Å². The molecule has 0 aromatic carbocycles. The van der Waals surface area contributed by atoms with Crippen LogP contribution in [0.1, 0.15) is 58.3 Å². The summed E-state index contributed by atoms with van der Waals surface area (Å²) in [6.45, 7) is 7.99. The molecular formula is C16H32N4. The summed E-state index contributed by atoms with van der Waals surface area (Å²) in [4.78, 5) is 7.29. The number of likely N-dealkylation sites (tertiary alicyclic amines) is 1. The number of hydrogen-bond acceptors (Lipinski definition) is 2. The average Bonchev–Trinajstić information content (AvgIpc) is 3.28. The van der Waals surface area contributed by atoms with Crippen LogP contribution in [0.3, 0.4) is 0 Å². The van der Waals surface area contributed by atoms with Crippen LogP contribution >= 0.6 is 0 Å². The molecule has 1 saturated carbocycles. The van der Waals surface area contributed by atoms with Gasteiger partial charge in [-0.1, -0.05) is 12.8 Å². The first kappa shape index (κ1) is 15.6. The van der Waals surface area contributed by atoms with E-state index in [-0.39, 0.29) is 0 Å². The third-order valence-corrected chi connectivity index (χ3v) is 4.11. The van der Waals surface area contributed by atoms with E-state index >= 15 is 0 Å². The summed E-state index contributed by atoms with van der Waals surface area (Å²) in [7, 11) is 0. The van der Waals surface area contributed by atoms with Crippen molar-refractivity contribution < 1.29 is 0 Å². The normalized spacial score (nSPS) is 20.9. The predicted molar refractivity (Wildman–Crippen MR) is 86.3 cm³/mol. The number of rotatable bonds is 8. The Morgan fingerprint density at radius 3 is 2.60 bits per heavy atom. The number of unbranched alkanes of at least 4 members (excludes halogenated alkanes) is 2. The molecule has 0 radical (unpaired) electrons. The van der Waals surface area contributed by atoms with Gasteiger partial charge in [-0.2, -0.15) is 0 Å². The number of aliphatic imine (C=N–C) groups is 1. The SMILES string of the molecule is CCNC(=NCCCCCN1CCCCC1)NC1CC1. The lowest BCUT2D eigenvalue weighted by atomic mass is 10.1. The van der Waals surface area contributed by atoms with Crippen LogP contribution in [0.15, 0.2) is 4.99 Å². The van der Waals surface area contributed by atoms with Crippen molar-refractivity contribution in [2.75, 3.05) is 32.7 Å². The zero-order valence-corrected chi connectivity index (χ0v) is 13.2. The number of nitrogens with zero attached hydrogens (tertiary/aromatic N) is 2. The summed E-state index contributed by atoms with van der Waals surface area (Å²) in [6, 6.07) is 0.687. The summed E-state index contributed by atoms with van der Waals surface area (Å²) in [5, 5.41) is 6.79. The lowest BCUT2D eigenvalue weighted by molar-refractivity contribution is 0.224. The molecule has 2 rings (SSSR count). The van der Waals surface area contributed by atoms with Crippen LogP contribution in [0.25, 0.3) is 0 Å². The molecule has 0 aromatic heterocycles. The minimum Gasteiger partial charge on any atom is -0.357 e. The van der Waals surface area contributed by atoms with Crippen molar-refractivity contribution in [1.29, 1.82) is 0 Å². The van der Waals surface area contributed by atoms with Crippen molar-refractivity contribution >= 4 is 5.96 Å². The molecule has 1 aliphatic carbocycles. The predicted octanol–water partition coefficient (Wildman–Crippen LogP) is 2.36. The van der Waals surface area contributed by atoms with E-state index in [9.17, 15) is 0 Å². The molecule has 0 aromatic rings. The standard InChI is InChI=1S/C16H32N4/c1-2-17-16(19-15-9-10-15)18-11-5-3-6-12-20-13-7-4-8-14-20/h15H,2-14H2,1H3,(H2,17,18,19). The van der Waals surface area contributed by atoms with Gasteiger partial charge in [-0.15, -0.1) is 0 Å². The number of guanidine groups is 1. The first-order chi connectivity index (χ1) is 9.88. The monoisotopic (exact) mass is 280 g/mol. The van der Waals surface area contributed by atoms with E-state index in [1.807, 2.05) is 0 Å². The summed E-state index contributed by atoms with van der Waals surface area (Å²) < 4.78 is 0. The third-order valence-electron chi connectivity index (χ3n) is 4.11. The Morgan fingerprint density at radius 1 is 1.10 bits per heavy atom. The van der Waals surface area contributed by atoms with Crippen LogP contribution in [-0.2, 0) is 0 Å². The van der Waals surface area contributed by atoms with Gasteiger partial charge < -0.3 is 15.5 Å². The van der Waals surface area contributed by atoms with Gasteiger partial charge in [0.15, 0.2) is 5.96 Å². The van der Waals surface area contributed by atoms with Crippen molar-refractivity contribution in [3.05, 3.63) is 0 Å². The average molecular weight is 280 g/mol. The van der Waals surface area contributed by atoms with Crippen molar-refractivity contribution in [3.63, 3.8) is 0 Å². The molecule has 0 amide bonds. The number of nitrogens with one attached hydrogen (secondary N) is 2. The first-order valence-corrected chi connectivity index (χ1v) is 8.65. The van der Waals surface area contributed by atoms with E-state index < -0.39 is 0 Å². The Bertz CT molecular complexity index is 280. The Balaban J connectivity index is 1.50. The van der Waals surface area contributed by atoms with Gasteiger partial charge in [0, 0.05) is 19.1 Å². The van der Waals surface area contributed by atoms with Crippen LogP contribution in [-0.4, -0.2) is 49.6 Å². The molecule has 0 atom stereocenters. The van der Waals surface area contributed by atoms with Crippen LogP contribution in [0.4, 0.5) is 0 Å². The van der Waals surface area contributed by atoms with Gasteiger partial charge in [0.25, 0.3) is 0 Å². The van der Waals surface area contributed by atoms with E-state index in [0.29, 0.717) is 6.04 Å². The smallest absolute Gasteiger partial charge is 0.191 e. The highest BCUT2D eigenvalue weighted by atomic mass is 15.2. The topological polar surface area (TPSA) is 39.7 Å². The molecule has 0 unspecified atom stereocenters. The summed E-state index contributed by atoms with van der Waals surface area (Å²) >= 11 is 0. The van der Waals surface area contributed by atoms with Crippen LogP contribution in [0.2, 0.25) is 0 Å². The highest BCUT2D eigenvalue weighted by Gasteiger charge is 2.21. The summed E-state index contributed by atoms with van der Waals surface area (Å²) in [5.74, 6) is 1.02. The Labute approximate surface area is 124 Å². The Hall–Kier alpha value is -0.770. The fraction of sp³-hybridized carbons (Fsp3) is 0.938. The third kappa shape index (κ3) is 6.60. The zero-order valence-electron chi connectivity index (χ0n) is 13.2. The van der Waals surface area contributed by atoms with E-state index in [1.54, 1.807) is 0 Å². The largest absolute Gasteiger partial charge is 0.357 e. The molecule has 1 aliphatic heterocycles. The second-order valence-electron chi connectivity index (χ2n) is 6.14. The molecule has 116 valence electrons. The maximum atomic E-state index is 4.66. The molecule has 2 fully saturated rings. The fourth-order valence-electron chi connectivity index (χ4n) is 2.74. The second kappa shape index (κ2) is 9.22. The van der Waals surface area contributed by atoms with Gasteiger partial charge in [0.2, 0.25) is 0 Å². The summed E-state index contributed by atoms with van der Waals surface area (Å²) in [6.07, 6.45) is 10.7. The lowest BCUT2D eigenvalue weighted by Gasteiger charge is -2.26. The minimum absolute atomic E-state index is 0.687. The van der Waals surface area contributed by atoms with Gasteiger partial charge in [-0.3, -0.25) is 4.99 Å². The van der Waals surface area contributed by atoms with Crippen molar-refractivity contribution in [2.45, 2.75) is 64.3 Å².